The molecule has 0 unspecified atom stereocenters. The number of carbonyl (C=O) groups is 2. The van der Waals surface area contributed by atoms with Gasteiger partial charge in [0, 0.05) is 5.56 Å². The van der Waals surface area contributed by atoms with Crippen LogP contribution in [0.2, 0.25) is 0 Å². The van der Waals surface area contributed by atoms with Gasteiger partial charge >= 0.3 is 5.97 Å². The number of nitrogens with one attached hydrogen (secondary N) is 1. The Hall–Kier alpha value is -1.78. The van der Waals surface area contributed by atoms with E-state index < -0.39 is 12.0 Å². The Morgan fingerprint density at radius 1 is 1.26 bits per heavy atom. The third-order valence-electron chi connectivity index (χ3n) is 3.55. The molecule has 0 radical (unpaired) electrons. The maximum atomic E-state index is 12.2. The van der Waals surface area contributed by atoms with Gasteiger partial charge in [-0.05, 0) is 26.7 Å². The number of carboxylic acid groups (broad SMARTS) is 1. The lowest BCUT2D eigenvalue weighted by Gasteiger charge is -2.20. The molecule has 106 valence electrons. The van der Waals surface area contributed by atoms with Gasteiger partial charge in [-0.25, -0.2) is 4.79 Å². The predicted molar refractivity (Wildman–Crippen MR) is 71.3 cm³/mol. The zero-order valence-electron chi connectivity index (χ0n) is 12.0. The highest BCUT2D eigenvalue weighted by atomic mass is 16.4. The summed E-state index contributed by atoms with van der Waals surface area (Å²) in [5.74, 6) is -0.341. The maximum absolute atomic E-state index is 12.2. The lowest BCUT2D eigenvalue weighted by Crippen LogP contribution is -2.45. The summed E-state index contributed by atoms with van der Waals surface area (Å²) in [5, 5.41) is 11.8. The summed E-state index contributed by atoms with van der Waals surface area (Å²) in [7, 11) is 0. The Morgan fingerprint density at radius 2 is 1.84 bits per heavy atom. The van der Waals surface area contributed by atoms with Gasteiger partial charge in [-0.15, -0.1) is 0 Å². The molecule has 5 heteroatoms. The summed E-state index contributed by atoms with van der Waals surface area (Å²) in [4.78, 5) is 23.4. The van der Waals surface area contributed by atoms with Crippen LogP contribution in [-0.4, -0.2) is 23.0 Å². The third kappa shape index (κ3) is 3.16. The van der Waals surface area contributed by atoms with Crippen molar-refractivity contribution in [2.75, 3.05) is 0 Å². The Kier molecular flexibility index (Phi) is 4.75. The SMILES string of the molecule is CC[C@H](C)[C@H](NC(=O)c1c(C)oc(C)c1C)C(=O)O. The smallest absolute Gasteiger partial charge is 0.326 e. The molecule has 5 nitrogen and oxygen atoms in total. The quantitative estimate of drug-likeness (QED) is 0.858. The highest BCUT2D eigenvalue weighted by molar-refractivity contribution is 5.98. The van der Waals surface area contributed by atoms with E-state index in [1.54, 1.807) is 27.7 Å². The molecule has 2 N–H and O–H groups in total. The molecule has 1 heterocycles. The van der Waals surface area contributed by atoms with Crippen molar-refractivity contribution in [3.8, 4) is 0 Å². The van der Waals surface area contributed by atoms with Gasteiger partial charge in [0.05, 0.1) is 5.56 Å². The van der Waals surface area contributed by atoms with E-state index in [9.17, 15) is 14.7 Å². The van der Waals surface area contributed by atoms with Crippen LogP contribution >= 0.6 is 0 Å². The Bertz CT molecular complexity index is 490. The number of aliphatic carboxylic acids is 1. The normalized spacial score (nSPS) is 13.9. The topological polar surface area (TPSA) is 79.5 Å². The van der Waals surface area contributed by atoms with Crippen LogP contribution < -0.4 is 5.32 Å². The van der Waals surface area contributed by atoms with Crippen LogP contribution in [-0.2, 0) is 4.79 Å². The van der Waals surface area contributed by atoms with Crippen LogP contribution in [0.25, 0.3) is 0 Å². The van der Waals surface area contributed by atoms with Crippen molar-refractivity contribution < 1.29 is 19.1 Å². The van der Waals surface area contributed by atoms with E-state index >= 15 is 0 Å². The molecule has 1 rings (SSSR count). The first kappa shape index (κ1) is 15.3. The summed E-state index contributed by atoms with van der Waals surface area (Å²) < 4.78 is 5.39. The highest BCUT2D eigenvalue weighted by Gasteiger charge is 2.28. The number of hydrogen-bond acceptors (Lipinski definition) is 3. The molecular weight excluding hydrogens is 246 g/mol. The third-order valence-corrected chi connectivity index (χ3v) is 3.55. The van der Waals surface area contributed by atoms with Gasteiger partial charge in [0.15, 0.2) is 0 Å². The van der Waals surface area contributed by atoms with Crippen molar-refractivity contribution in [3.05, 3.63) is 22.6 Å². The summed E-state index contributed by atoms with van der Waals surface area (Å²) in [5.41, 5.74) is 1.19. The second kappa shape index (κ2) is 5.91. The molecule has 0 fully saturated rings. The molecule has 0 saturated heterocycles. The summed E-state index contributed by atoms with van der Waals surface area (Å²) in [6.45, 7) is 8.97. The van der Waals surface area contributed by atoms with Gasteiger partial charge in [-0.3, -0.25) is 4.79 Å². The van der Waals surface area contributed by atoms with Crippen molar-refractivity contribution in [2.45, 2.75) is 47.1 Å². The van der Waals surface area contributed by atoms with Gasteiger partial charge in [0.2, 0.25) is 0 Å². The fourth-order valence-corrected chi connectivity index (χ4v) is 2.02. The van der Waals surface area contributed by atoms with Crippen LogP contribution in [0.1, 0.15) is 47.7 Å². The largest absolute Gasteiger partial charge is 0.480 e. The molecule has 0 bridgehead atoms. The molecular formula is C14H21NO4. The van der Waals surface area contributed by atoms with Crippen molar-refractivity contribution in [2.24, 2.45) is 5.92 Å². The van der Waals surface area contributed by atoms with Crippen LogP contribution in [0.4, 0.5) is 0 Å². The van der Waals surface area contributed by atoms with Gasteiger partial charge in [0.25, 0.3) is 5.91 Å². The molecule has 0 aromatic carbocycles. The predicted octanol–water partition coefficient (Wildman–Crippen LogP) is 2.43. The van der Waals surface area contributed by atoms with E-state index in [1.807, 2.05) is 6.92 Å². The number of aryl methyl sites for hydroxylation is 2. The molecule has 0 aliphatic heterocycles. The molecule has 0 aliphatic carbocycles. The number of hydrogen-bond donors (Lipinski definition) is 2. The molecule has 2 atom stereocenters. The lowest BCUT2D eigenvalue weighted by atomic mass is 9.98. The number of carbonyl (C=O) groups excluding carboxylic acids is 1. The van der Waals surface area contributed by atoms with Crippen LogP contribution in [0.3, 0.4) is 0 Å². The molecule has 19 heavy (non-hydrogen) atoms. The van der Waals surface area contributed by atoms with E-state index in [0.717, 1.165) is 5.56 Å². The molecule has 1 aromatic rings. The minimum atomic E-state index is -1.02. The van der Waals surface area contributed by atoms with Gasteiger partial charge < -0.3 is 14.8 Å². The second-order valence-corrected chi connectivity index (χ2v) is 4.89. The fourth-order valence-electron chi connectivity index (χ4n) is 2.02. The summed E-state index contributed by atoms with van der Waals surface area (Å²) >= 11 is 0. The number of furan rings is 1. The van der Waals surface area contributed by atoms with Crippen molar-refractivity contribution in [1.29, 1.82) is 0 Å². The molecule has 1 aromatic heterocycles. The molecule has 0 aliphatic rings. The first-order valence-electron chi connectivity index (χ1n) is 6.39. The van der Waals surface area contributed by atoms with Crippen molar-refractivity contribution in [1.82, 2.24) is 5.32 Å². The van der Waals surface area contributed by atoms with E-state index in [2.05, 4.69) is 5.32 Å². The van der Waals surface area contributed by atoms with E-state index in [4.69, 9.17) is 4.42 Å². The van der Waals surface area contributed by atoms with Gasteiger partial charge in [-0.1, -0.05) is 20.3 Å². The first-order chi connectivity index (χ1) is 8.79. The van der Waals surface area contributed by atoms with Crippen LogP contribution in [0.5, 0.6) is 0 Å². The standard InChI is InChI=1S/C14H21NO4/c1-6-7(2)12(14(17)18)15-13(16)11-8(3)9(4)19-10(11)5/h7,12H,6H2,1-5H3,(H,15,16)(H,17,18)/t7-,12-/m0/s1. The Balaban J connectivity index is 2.97. The molecule has 0 saturated carbocycles. The highest BCUT2D eigenvalue weighted by Crippen LogP contribution is 2.21. The Labute approximate surface area is 113 Å². The monoisotopic (exact) mass is 267 g/mol. The summed E-state index contributed by atoms with van der Waals surface area (Å²) in [6.07, 6.45) is 0.680. The zero-order valence-corrected chi connectivity index (χ0v) is 12.0. The van der Waals surface area contributed by atoms with Crippen molar-refractivity contribution >= 4 is 11.9 Å². The second-order valence-electron chi connectivity index (χ2n) is 4.89. The Morgan fingerprint density at radius 3 is 2.21 bits per heavy atom. The minimum Gasteiger partial charge on any atom is -0.480 e. The van der Waals surface area contributed by atoms with Gasteiger partial charge in [-0.2, -0.15) is 0 Å². The van der Waals surface area contributed by atoms with E-state index in [-0.39, 0.29) is 11.8 Å². The summed E-state index contributed by atoms with van der Waals surface area (Å²) in [6, 6.07) is -0.883. The van der Waals surface area contributed by atoms with Crippen LogP contribution in [0, 0.1) is 26.7 Å². The molecule has 0 spiro atoms. The fraction of sp³-hybridized carbons (Fsp3) is 0.571. The number of rotatable bonds is 5. The van der Waals surface area contributed by atoms with Crippen molar-refractivity contribution in [3.63, 3.8) is 0 Å². The van der Waals surface area contributed by atoms with E-state index in [0.29, 0.717) is 23.5 Å². The average Bonchev–Trinajstić information content (AvgIpc) is 2.58. The van der Waals surface area contributed by atoms with E-state index in [1.165, 1.54) is 0 Å². The zero-order chi connectivity index (χ0) is 14.7. The van der Waals surface area contributed by atoms with Crippen LogP contribution in [0.15, 0.2) is 4.42 Å². The first-order valence-corrected chi connectivity index (χ1v) is 6.39. The number of amides is 1. The maximum Gasteiger partial charge on any atom is 0.326 e. The minimum absolute atomic E-state index is 0.130. The number of carboxylic acids is 1. The average molecular weight is 267 g/mol. The molecule has 1 amide bonds. The lowest BCUT2D eigenvalue weighted by molar-refractivity contribution is -0.140. The van der Waals surface area contributed by atoms with Gasteiger partial charge in [0.1, 0.15) is 17.6 Å².